The molecule has 0 saturated carbocycles. The van der Waals surface area contributed by atoms with E-state index in [0.29, 0.717) is 0 Å². The normalized spacial score (nSPS) is 11.5. The Morgan fingerprint density at radius 3 is 1.23 bits per heavy atom. The Balaban J connectivity index is 1.09. The molecule has 282 valence electrons. The molecule has 10 aromatic carbocycles. The molecule has 11 rings (SSSR count). The quantitative estimate of drug-likeness (QED) is 0.160. The number of fused-ring (bicyclic) bond motifs is 6. The van der Waals surface area contributed by atoms with Crippen molar-refractivity contribution in [1.82, 2.24) is 0 Å². The van der Waals surface area contributed by atoms with Gasteiger partial charge in [0.25, 0.3) is 0 Å². The van der Waals surface area contributed by atoms with Crippen LogP contribution in [-0.4, -0.2) is 0 Å². The Labute approximate surface area is 350 Å². The van der Waals surface area contributed by atoms with E-state index in [0.717, 1.165) is 67.3 Å². The fourth-order valence-electron chi connectivity index (χ4n) is 8.64. The van der Waals surface area contributed by atoms with Gasteiger partial charge in [-0.05, 0) is 121 Å². The maximum atomic E-state index is 7.07. The third-order valence-corrected chi connectivity index (χ3v) is 11.7. The van der Waals surface area contributed by atoms with Crippen LogP contribution in [0.5, 0.6) is 11.5 Å². The van der Waals surface area contributed by atoms with Gasteiger partial charge >= 0.3 is 0 Å². The maximum Gasteiger partial charge on any atom is 0.137 e. The predicted molar refractivity (Wildman–Crippen MR) is 251 cm³/mol. The van der Waals surface area contributed by atoms with Crippen molar-refractivity contribution >= 4 is 27.8 Å². The van der Waals surface area contributed by atoms with Crippen molar-refractivity contribution < 1.29 is 4.74 Å². The summed E-state index contributed by atoms with van der Waals surface area (Å²) in [6, 6.07) is 84.8. The highest BCUT2D eigenvalue weighted by atomic mass is 16.5. The first-order chi connectivity index (χ1) is 29.7. The Bertz CT molecular complexity index is 3120. The predicted octanol–water partition coefficient (Wildman–Crippen LogP) is 16.4. The van der Waals surface area contributed by atoms with Crippen molar-refractivity contribution in [2.24, 2.45) is 0 Å². The van der Waals surface area contributed by atoms with Crippen molar-refractivity contribution in [2.75, 3.05) is 4.90 Å². The summed E-state index contributed by atoms with van der Waals surface area (Å²) in [5, 5.41) is 2.33. The van der Waals surface area contributed by atoms with Crippen LogP contribution in [0.1, 0.15) is 0 Å². The number of anilines is 3. The van der Waals surface area contributed by atoms with Gasteiger partial charge in [0.1, 0.15) is 11.5 Å². The van der Waals surface area contributed by atoms with Crippen LogP contribution in [0.3, 0.4) is 0 Å². The van der Waals surface area contributed by atoms with Crippen molar-refractivity contribution in [3.05, 3.63) is 237 Å². The van der Waals surface area contributed by atoms with E-state index < -0.39 is 0 Å². The number of nitrogens with zero attached hydrogens (tertiary/aromatic N) is 1. The van der Waals surface area contributed by atoms with Crippen LogP contribution in [0.2, 0.25) is 0 Å². The van der Waals surface area contributed by atoms with E-state index in [9.17, 15) is 0 Å². The largest absolute Gasteiger partial charge is 0.456 e. The average Bonchev–Trinajstić information content (AvgIpc) is 3.46. The van der Waals surface area contributed by atoms with Gasteiger partial charge in [0.05, 0.1) is 5.69 Å². The van der Waals surface area contributed by atoms with Gasteiger partial charge in [-0.3, -0.25) is 0 Å². The smallest absolute Gasteiger partial charge is 0.137 e. The van der Waals surface area contributed by atoms with Crippen LogP contribution < -0.4 is 9.64 Å². The van der Waals surface area contributed by atoms with E-state index in [2.05, 4.69) is 241 Å². The molecule has 1 heterocycles. The standard InChI is InChI=1S/C58H39NO/c1-4-13-40(14-5-1)43-23-25-44(26-24-43)46-29-34-51(35-30-46)59(50-32-27-45(28-33-50)41-15-6-2-7-16-41)55-21-12-22-56-58(55)54-38-49(42-17-8-3-9-18-42)31-36-52(54)53-37-47-19-10-11-20-48(47)39-57(53)60-56/h1-39H. The highest BCUT2D eigenvalue weighted by molar-refractivity contribution is 6.02. The van der Waals surface area contributed by atoms with Crippen molar-refractivity contribution in [3.8, 4) is 78.3 Å². The Kier molecular flexibility index (Phi) is 8.87. The zero-order valence-corrected chi connectivity index (χ0v) is 32.9. The van der Waals surface area contributed by atoms with Crippen molar-refractivity contribution in [3.63, 3.8) is 0 Å². The molecule has 0 atom stereocenters. The molecule has 0 aliphatic carbocycles. The summed E-state index contributed by atoms with van der Waals surface area (Å²) in [7, 11) is 0. The van der Waals surface area contributed by atoms with Crippen molar-refractivity contribution in [1.29, 1.82) is 0 Å². The fourth-order valence-corrected chi connectivity index (χ4v) is 8.64. The van der Waals surface area contributed by atoms with E-state index in [1.54, 1.807) is 0 Å². The van der Waals surface area contributed by atoms with E-state index in [4.69, 9.17) is 4.74 Å². The summed E-state index contributed by atoms with van der Waals surface area (Å²) < 4.78 is 7.07. The molecule has 2 nitrogen and oxygen atoms in total. The lowest BCUT2D eigenvalue weighted by Crippen LogP contribution is -2.11. The van der Waals surface area contributed by atoms with E-state index >= 15 is 0 Å². The van der Waals surface area contributed by atoms with E-state index in [-0.39, 0.29) is 0 Å². The zero-order valence-electron chi connectivity index (χ0n) is 32.9. The number of hydrogen-bond donors (Lipinski definition) is 0. The second-order valence-corrected chi connectivity index (χ2v) is 15.3. The molecule has 2 heteroatoms. The summed E-state index contributed by atoms with van der Waals surface area (Å²) in [6.07, 6.45) is 0. The molecule has 0 radical (unpaired) electrons. The minimum absolute atomic E-state index is 0.814. The molecular weight excluding hydrogens is 727 g/mol. The molecular formula is C58H39NO. The van der Waals surface area contributed by atoms with E-state index in [1.165, 1.54) is 38.8 Å². The highest BCUT2D eigenvalue weighted by Gasteiger charge is 2.28. The van der Waals surface area contributed by atoms with Crippen LogP contribution in [0.25, 0.3) is 77.5 Å². The molecule has 0 unspecified atom stereocenters. The molecule has 1 aliphatic heterocycles. The maximum absolute atomic E-state index is 7.07. The molecule has 0 saturated heterocycles. The first-order valence-electron chi connectivity index (χ1n) is 20.5. The lowest BCUT2D eigenvalue weighted by atomic mass is 9.89. The molecule has 60 heavy (non-hydrogen) atoms. The summed E-state index contributed by atoms with van der Waals surface area (Å²) in [5.41, 5.74) is 16.9. The summed E-state index contributed by atoms with van der Waals surface area (Å²) in [5.74, 6) is 1.66. The average molecular weight is 766 g/mol. The minimum Gasteiger partial charge on any atom is -0.456 e. The second kappa shape index (κ2) is 15.1. The van der Waals surface area contributed by atoms with Crippen LogP contribution in [0, 0.1) is 0 Å². The van der Waals surface area contributed by atoms with Crippen molar-refractivity contribution in [2.45, 2.75) is 0 Å². The Hall–Kier alpha value is -7.94. The number of hydrogen-bond acceptors (Lipinski definition) is 2. The Morgan fingerprint density at radius 2 is 0.700 bits per heavy atom. The SMILES string of the molecule is c1ccc(-c2ccc(-c3ccc(N(c4ccc(-c5ccccc5)cc4)c4cccc5c4-c4cc(-c6ccccc6)ccc4-c4cc6ccccc6cc4O5)cc3)cc2)cc1. The molecule has 0 spiro atoms. The molecule has 0 aromatic heterocycles. The first-order valence-corrected chi connectivity index (χ1v) is 20.5. The van der Waals surface area contributed by atoms with Gasteiger partial charge in [0.15, 0.2) is 0 Å². The first kappa shape index (κ1) is 35.2. The van der Waals surface area contributed by atoms with Crippen LogP contribution in [0.15, 0.2) is 237 Å². The minimum atomic E-state index is 0.814. The molecule has 0 fully saturated rings. The van der Waals surface area contributed by atoms with Crippen LogP contribution >= 0.6 is 0 Å². The van der Waals surface area contributed by atoms with Gasteiger partial charge < -0.3 is 9.64 Å². The summed E-state index contributed by atoms with van der Waals surface area (Å²) in [6.45, 7) is 0. The zero-order chi connectivity index (χ0) is 39.8. The summed E-state index contributed by atoms with van der Waals surface area (Å²) in [4.78, 5) is 2.38. The number of benzene rings is 10. The lowest BCUT2D eigenvalue weighted by molar-refractivity contribution is 0.488. The third-order valence-electron chi connectivity index (χ3n) is 11.7. The van der Waals surface area contributed by atoms with Gasteiger partial charge in [-0.15, -0.1) is 0 Å². The van der Waals surface area contributed by atoms with Gasteiger partial charge in [-0.2, -0.15) is 0 Å². The van der Waals surface area contributed by atoms with Crippen LogP contribution in [0.4, 0.5) is 17.1 Å². The topological polar surface area (TPSA) is 12.5 Å². The lowest BCUT2D eigenvalue weighted by Gasteiger charge is -2.29. The highest BCUT2D eigenvalue weighted by Crippen LogP contribution is 2.54. The van der Waals surface area contributed by atoms with Crippen LogP contribution in [-0.2, 0) is 0 Å². The number of rotatable bonds is 7. The van der Waals surface area contributed by atoms with Gasteiger partial charge in [0.2, 0.25) is 0 Å². The van der Waals surface area contributed by atoms with Gasteiger partial charge in [0, 0.05) is 22.5 Å². The number of ether oxygens (including phenoxy) is 1. The molecule has 0 bridgehead atoms. The van der Waals surface area contributed by atoms with E-state index in [1.807, 2.05) is 0 Å². The Morgan fingerprint density at radius 1 is 0.267 bits per heavy atom. The molecule has 10 aromatic rings. The monoisotopic (exact) mass is 765 g/mol. The van der Waals surface area contributed by atoms with Gasteiger partial charge in [-0.25, -0.2) is 0 Å². The molecule has 1 aliphatic rings. The third kappa shape index (κ3) is 6.51. The fraction of sp³-hybridized carbons (Fsp3) is 0. The summed E-state index contributed by atoms with van der Waals surface area (Å²) >= 11 is 0. The molecule has 0 N–H and O–H groups in total. The molecule has 0 amide bonds. The second-order valence-electron chi connectivity index (χ2n) is 15.3. The van der Waals surface area contributed by atoms with Gasteiger partial charge in [-0.1, -0.05) is 182 Å².